The van der Waals surface area contributed by atoms with E-state index in [1.54, 1.807) is 12.1 Å². The number of rotatable bonds is 5. The smallest absolute Gasteiger partial charge is 0.241 e. The van der Waals surface area contributed by atoms with E-state index < -0.39 is 10.0 Å². The molecule has 0 aliphatic heterocycles. The van der Waals surface area contributed by atoms with Gasteiger partial charge in [0, 0.05) is 6.04 Å². The third-order valence-electron chi connectivity index (χ3n) is 5.27. The lowest BCUT2D eigenvalue weighted by molar-refractivity contribution is -0.120. The molecule has 1 N–H and O–H groups in total. The number of nitrogens with zero attached hydrogens (tertiary/aromatic N) is 1. The van der Waals surface area contributed by atoms with Crippen LogP contribution >= 0.6 is 0 Å². The second-order valence-corrected chi connectivity index (χ2v) is 9.37. The molecule has 1 aromatic rings. The van der Waals surface area contributed by atoms with Gasteiger partial charge in [-0.3, -0.25) is 9.10 Å². The maximum Gasteiger partial charge on any atom is 0.241 e. The third-order valence-corrected chi connectivity index (χ3v) is 6.41. The Balaban J connectivity index is 1.74. The molecule has 0 spiro atoms. The van der Waals surface area contributed by atoms with Crippen molar-refractivity contribution in [2.75, 3.05) is 17.1 Å². The van der Waals surface area contributed by atoms with Gasteiger partial charge in [0.15, 0.2) is 0 Å². The van der Waals surface area contributed by atoms with Crippen molar-refractivity contribution in [3.63, 3.8) is 0 Å². The van der Waals surface area contributed by atoms with Crippen LogP contribution in [-0.4, -0.2) is 33.2 Å². The molecule has 0 aromatic heterocycles. The molecule has 132 valence electrons. The Morgan fingerprint density at radius 2 is 1.83 bits per heavy atom. The minimum Gasteiger partial charge on any atom is -0.352 e. The predicted octanol–water partition coefficient (Wildman–Crippen LogP) is 2.37. The third kappa shape index (κ3) is 3.74. The minimum absolute atomic E-state index is 0.157. The lowest BCUT2D eigenvalue weighted by atomic mass is 9.95. The first kappa shape index (κ1) is 17.3. The topological polar surface area (TPSA) is 66.5 Å². The molecule has 6 heteroatoms. The summed E-state index contributed by atoms with van der Waals surface area (Å²) in [4.78, 5) is 12.5. The molecular formula is C18H26N2O3S. The van der Waals surface area contributed by atoms with Crippen LogP contribution in [0.1, 0.15) is 36.8 Å². The highest BCUT2D eigenvalue weighted by atomic mass is 32.2. The van der Waals surface area contributed by atoms with Crippen LogP contribution in [0, 0.1) is 25.7 Å². The van der Waals surface area contributed by atoms with E-state index in [0.29, 0.717) is 11.6 Å². The van der Waals surface area contributed by atoms with Crippen LogP contribution in [0.25, 0.3) is 0 Å². The van der Waals surface area contributed by atoms with E-state index in [0.717, 1.165) is 29.7 Å². The monoisotopic (exact) mass is 350 g/mol. The Hall–Kier alpha value is -1.56. The van der Waals surface area contributed by atoms with Crippen LogP contribution in [0.2, 0.25) is 0 Å². The molecule has 2 aliphatic rings. The molecule has 1 amide bonds. The van der Waals surface area contributed by atoms with Crippen LogP contribution in [0.3, 0.4) is 0 Å². The molecule has 3 rings (SSSR count). The summed E-state index contributed by atoms with van der Waals surface area (Å²) in [6.45, 7) is 3.69. The number of sulfonamides is 1. The average molecular weight is 350 g/mol. The zero-order valence-corrected chi connectivity index (χ0v) is 15.4. The lowest BCUT2D eigenvalue weighted by Crippen LogP contribution is -2.45. The zero-order valence-electron chi connectivity index (χ0n) is 14.6. The summed E-state index contributed by atoms with van der Waals surface area (Å²) < 4.78 is 25.6. The van der Waals surface area contributed by atoms with Crippen molar-refractivity contribution in [3.05, 3.63) is 29.3 Å². The second-order valence-electron chi connectivity index (χ2n) is 7.46. The fourth-order valence-electron chi connectivity index (χ4n) is 4.30. The first-order valence-electron chi connectivity index (χ1n) is 8.58. The van der Waals surface area contributed by atoms with E-state index in [9.17, 15) is 13.2 Å². The van der Waals surface area contributed by atoms with E-state index in [1.807, 2.05) is 19.9 Å². The second kappa shape index (κ2) is 6.39. The molecule has 0 unspecified atom stereocenters. The maximum atomic E-state index is 12.5. The highest BCUT2D eigenvalue weighted by molar-refractivity contribution is 7.92. The Kier molecular flexibility index (Phi) is 4.60. The Labute approximate surface area is 144 Å². The van der Waals surface area contributed by atoms with E-state index in [4.69, 9.17) is 0 Å². The summed E-state index contributed by atoms with van der Waals surface area (Å²) in [5, 5.41) is 3.07. The molecule has 2 fully saturated rings. The number of fused-ring (bicyclic) bond motifs is 2. The number of benzene rings is 1. The summed E-state index contributed by atoms with van der Waals surface area (Å²) in [6, 6.07) is 5.81. The zero-order chi connectivity index (χ0) is 17.5. The van der Waals surface area contributed by atoms with Crippen molar-refractivity contribution < 1.29 is 13.2 Å². The molecular weight excluding hydrogens is 324 g/mol. The first-order chi connectivity index (χ1) is 11.2. The largest absolute Gasteiger partial charge is 0.352 e. The van der Waals surface area contributed by atoms with Crippen LogP contribution < -0.4 is 9.62 Å². The standard InChI is InChI=1S/C18H26N2O3S/c1-12-6-13(2)8-16(7-12)20(24(3,22)23)11-18(21)19-17-10-14-4-5-15(17)9-14/h6-8,14-15,17H,4-5,9-11H2,1-3H3,(H,19,21)/t14-,15+,17+/m0/s1. The van der Waals surface area contributed by atoms with E-state index >= 15 is 0 Å². The number of amides is 1. The molecule has 1 aromatic carbocycles. The number of hydrogen-bond acceptors (Lipinski definition) is 3. The summed E-state index contributed by atoms with van der Waals surface area (Å²) in [6.07, 6.45) is 5.85. The van der Waals surface area contributed by atoms with Gasteiger partial charge in [-0.15, -0.1) is 0 Å². The van der Waals surface area contributed by atoms with Crippen LogP contribution in [0.4, 0.5) is 5.69 Å². The van der Waals surface area contributed by atoms with Crippen molar-refractivity contribution in [1.82, 2.24) is 5.32 Å². The summed E-state index contributed by atoms with van der Waals surface area (Å²) in [5.41, 5.74) is 2.51. The molecule has 5 nitrogen and oxygen atoms in total. The summed E-state index contributed by atoms with van der Waals surface area (Å²) in [5.74, 6) is 1.11. The molecule has 0 saturated heterocycles. The highest BCUT2D eigenvalue weighted by Gasteiger charge is 2.40. The normalized spacial score (nSPS) is 25.7. The van der Waals surface area contributed by atoms with Gasteiger partial charge in [-0.1, -0.05) is 12.5 Å². The highest BCUT2D eigenvalue weighted by Crippen LogP contribution is 2.44. The van der Waals surface area contributed by atoms with E-state index in [1.165, 1.54) is 23.6 Å². The molecule has 0 heterocycles. The van der Waals surface area contributed by atoms with Gasteiger partial charge < -0.3 is 5.32 Å². The Morgan fingerprint density at radius 1 is 1.17 bits per heavy atom. The Morgan fingerprint density at radius 3 is 2.33 bits per heavy atom. The van der Waals surface area contributed by atoms with Crippen molar-refractivity contribution >= 4 is 21.6 Å². The summed E-state index contributed by atoms with van der Waals surface area (Å²) >= 11 is 0. The lowest BCUT2D eigenvalue weighted by Gasteiger charge is -2.26. The molecule has 2 aliphatic carbocycles. The van der Waals surface area contributed by atoms with Gasteiger partial charge in [0.25, 0.3) is 0 Å². The number of aryl methyl sites for hydroxylation is 2. The SMILES string of the molecule is Cc1cc(C)cc(N(CC(=O)N[C@@H]2C[C@H]3CC[C@@H]2C3)S(C)(=O)=O)c1. The van der Waals surface area contributed by atoms with E-state index in [2.05, 4.69) is 5.32 Å². The first-order valence-corrected chi connectivity index (χ1v) is 10.4. The number of carbonyl (C=O) groups is 1. The minimum atomic E-state index is -3.52. The average Bonchev–Trinajstić information content (AvgIpc) is 3.04. The van der Waals surface area contributed by atoms with Crippen LogP contribution in [0.5, 0.6) is 0 Å². The van der Waals surface area contributed by atoms with Crippen LogP contribution in [-0.2, 0) is 14.8 Å². The fraction of sp³-hybridized carbons (Fsp3) is 0.611. The summed E-state index contributed by atoms with van der Waals surface area (Å²) in [7, 11) is -3.52. The maximum absolute atomic E-state index is 12.5. The molecule has 0 radical (unpaired) electrons. The number of nitrogens with one attached hydrogen (secondary N) is 1. The van der Waals surface area contributed by atoms with Gasteiger partial charge in [0.05, 0.1) is 11.9 Å². The van der Waals surface area contributed by atoms with Crippen molar-refractivity contribution in [2.45, 2.75) is 45.6 Å². The molecule has 3 atom stereocenters. The molecule has 24 heavy (non-hydrogen) atoms. The van der Waals surface area contributed by atoms with Gasteiger partial charge in [-0.25, -0.2) is 8.42 Å². The quantitative estimate of drug-likeness (QED) is 0.886. The Bertz CT molecular complexity index is 724. The number of carbonyl (C=O) groups excluding carboxylic acids is 1. The van der Waals surface area contributed by atoms with Crippen LogP contribution in [0.15, 0.2) is 18.2 Å². The van der Waals surface area contributed by atoms with Crippen molar-refractivity contribution in [1.29, 1.82) is 0 Å². The predicted molar refractivity (Wildman–Crippen MR) is 95.5 cm³/mol. The fourth-order valence-corrected chi connectivity index (χ4v) is 5.14. The molecule has 2 saturated carbocycles. The van der Waals surface area contributed by atoms with Crippen molar-refractivity contribution in [2.24, 2.45) is 11.8 Å². The van der Waals surface area contributed by atoms with E-state index in [-0.39, 0.29) is 18.5 Å². The van der Waals surface area contributed by atoms with Crippen molar-refractivity contribution in [3.8, 4) is 0 Å². The van der Waals surface area contributed by atoms with Gasteiger partial charge in [0.2, 0.25) is 15.9 Å². The number of hydrogen-bond donors (Lipinski definition) is 1. The van der Waals surface area contributed by atoms with Gasteiger partial charge >= 0.3 is 0 Å². The number of anilines is 1. The van der Waals surface area contributed by atoms with Gasteiger partial charge in [-0.05, 0) is 68.2 Å². The van der Waals surface area contributed by atoms with Gasteiger partial charge in [-0.2, -0.15) is 0 Å². The van der Waals surface area contributed by atoms with Gasteiger partial charge in [0.1, 0.15) is 6.54 Å². The molecule has 2 bridgehead atoms.